The summed E-state index contributed by atoms with van der Waals surface area (Å²) in [6, 6.07) is 8.50. The van der Waals surface area contributed by atoms with E-state index in [9.17, 15) is 5.11 Å². The summed E-state index contributed by atoms with van der Waals surface area (Å²) in [5.41, 5.74) is 0.892. The van der Waals surface area contributed by atoms with E-state index in [-0.39, 0.29) is 0 Å². The molecule has 18 heavy (non-hydrogen) atoms. The Balaban J connectivity index is 1.63. The summed E-state index contributed by atoms with van der Waals surface area (Å²) in [7, 11) is 0. The van der Waals surface area contributed by atoms with E-state index < -0.39 is 5.60 Å². The van der Waals surface area contributed by atoms with Gasteiger partial charge in [-0.15, -0.1) is 11.3 Å². The summed E-state index contributed by atoms with van der Waals surface area (Å²) in [5, 5.41) is 17.3. The maximum atomic E-state index is 10.3. The number of aliphatic hydroxyl groups is 1. The van der Waals surface area contributed by atoms with Crippen LogP contribution < -0.4 is 5.32 Å². The van der Waals surface area contributed by atoms with Crippen molar-refractivity contribution in [3.05, 3.63) is 35.2 Å². The average Bonchev–Trinajstić information content (AvgIpc) is 2.97. The van der Waals surface area contributed by atoms with Crippen LogP contribution >= 0.6 is 11.3 Å². The second-order valence-electron chi connectivity index (χ2n) is 5.29. The molecule has 1 aromatic carbocycles. The van der Waals surface area contributed by atoms with Crippen LogP contribution in [0.2, 0.25) is 0 Å². The first-order chi connectivity index (χ1) is 8.77. The Morgan fingerprint density at radius 3 is 2.83 bits per heavy atom. The zero-order chi connectivity index (χ0) is 12.4. The van der Waals surface area contributed by atoms with E-state index in [1.807, 2.05) is 0 Å². The molecule has 3 heteroatoms. The SMILES string of the molecule is OC1(CNCc2csc3ccccc23)CCCC1. The molecule has 0 unspecified atom stereocenters. The minimum Gasteiger partial charge on any atom is -0.389 e. The molecule has 0 amide bonds. The zero-order valence-electron chi connectivity index (χ0n) is 10.5. The Morgan fingerprint density at radius 1 is 1.22 bits per heavy atom. The number of nitrogens with one attached hydrogen (secondary N) is 1. The van der Waals surface area contributed by atoms with E-state index in [0.29, 0.717) is 0 Å². The van der Waals surface area contributed by atoms with Crippen molar-refractivity contribution in [1.82, 2.24) is 5.32 Å². The number of hydrogen-bond acceptors (Lipinski definition) is 3. The molecule has 0 spiro atoms. The van der Waals surface area contributed by atoms with E-state index in [1.54, 1.807) is 11.3 Å². The number of benzene rings is 1. The van der Waals surface area contributed by atoms with Crippen LogP contribution in [0.4, 0.5) is 0 Å². The largest absolute Gasteiger partial charge is 0.389 e. The fourth-order valence-electron chi connectivity index (χ4n) is 2.81. The Kier molecular flexibility index (Phi) is 3.37. The third-order valence-corrected chi connectivity index (χ3v) is 4.88. The predicted molar refractivity (Wildman–Crippen MR) is 76.9 cm³/mol. The summed E-state index contributed by atoms with van der Waals surface area (Å²) in [5.74, 6) is 0. The summed E-state index contributed by atoms with van der Waals surface area (Å²) >= 11 is 1.79. The van der Waals surface area contributed by atoms with Gasteiger partial charge in [0.05, 0.1) is 5.60 Å². The number of rotatable bonds is 4. The molecule has 1 fully saturated rings. The van der Waals surface area contributed by atoms with E-state index >= 15 is 0 Å². The maximum Gasteiger partial charge on any atom is 0.0771 e. The van der Waals surface area contributed by atoms with E-state index in [1.165, 1.54) is 28.5 Å². The molecule has 0 radical (unpaired) electrons. The van der Waals surface area contributed by atoms with Crippen LogP contribution in [0.3, 0.4) is 0 Å². The molecular formula is C15H19NOS. The van der Waals surface area contributed by atoms with E-state index in [0.717, 1.165) is 25.9 Å². The van der Waals surface area contributed by atoms with Gasteiger partial charge in [0, 0.05) is 17.8 Å². The molecule has 1 aliphatic rings. The molecule has 1 aliphatic carbocycles. The molecule has 2 nitrogen and oxygen atoms in total. The Bertz CT molecular complexity index is 528. The highest BCUT2D eigenvalue weighted by Crippen LogP contribution is 2.29. The Labute approximate surface area is 112 Å². The number of thiophene rings is 1. The summed E-state index contributed by atoms with van der Waals surface area (Å²) in [4.78, 5) is 0. The maximum absolute atomic E-state index is 10.3. The summed E-state index contributed by atoms with van der Waals surface area (Å²) in [6.45, 7) is 1.57. The average molecular weight is 261 g/mol. The third-order valence-electron chi connectivity index (χ3n) is 3.86. The Hall–Kier alpha value is -0.900. The quantitative estimate of drug-likeness (QED) is 0.885. The molecule has 0 bridgehead atoms. The minimum absolute atomic E-state index is 0.453. The van der Waals surface area contributed by atoms with E-state index in [2.05, 4.69) is 35.0 Å². The van der Waals surface area contributed by atoms with Crippen molar-refractivity contribution in [2.24, 2.45) is 0 Å². The van der Waals surface area contributed by atoms with Gasteiger partial charge in [-0.05, 0) is 35.2 Å². The molecule has 0 saturated heterocycles. The summed E-state index contributed by atoms with van der Waals surface area (Å²) < 4.78 is 1.34. The van der Waals surface area contributed by atoms with Crippen LogP contribution in [0.5, 0.6) is 0 Å². The van der Waals surface area contributed by atoms with Crippen molar-refractivity contribution in [1.29, 1.82) is 0 Å². The fraction of sp³-hybridized carbons (Fsp3) is 0.467. The molecule has 1 saturated carbocycles. The highest BCUT2D eigenvalue weighted by Gasteiger charge is 2.30. The van der Waals surface area contributed by atoms with Gasteiger partial charge in [-0.1, -0.05) is 31.0 Å². The third kappa shape index (κ3) is 2.44. The lowest BCUT2D eigenvalue weighted by atomic mass is 10.0. The smallest absolute Gasteiger partial charge is 0.0771 e. The van der Waals surface area contributed by atoms with Gasteiger partial charge >= 0.3 is 0 Å². The van der Waals surface area contributed by atoms with Crippen molar-refractivity contribution >= 4 is 21.4 Å². The molecular weight excluding hydrogens is 242 g/mol. The van der Waals surface area contributed by atoms with Gasteiger partial charge in [0.25, 0.3) is 0 Å². The Morgan fingerprint density at radius 2 is 2.00 bits per heavy atom. The second-order valence-corrected chi connectivity index (χ2v) is 6.20. The van der Waals surface area contributed by atoms with Gasteiger partial charge in [-0.25, -0.2) is 0 Å². The lowest BCUT2D eigenvalue weighted by molar-refractivity contribution is 0.0475. The van der Waals surface area contributed by atoms with Crippen LogP contribution in [0.15, 0.2) is 29.6 Å². The van der Waals surface area contributed by atoms with Crippen LogP contribution in [0.1, 0.15) is 31.2 Å². The van der Waals surface area contributed by atoms with Crippen LogP contribution in [0, 0.1) is 0 Å². The van der Waals surface area contributed by atoms with Gasteiger partial charge < -0.3 is 10.4 Å². The summed E-state index contributed by atoms with van der Waals surface area (Å²) in [6.07, 6.45) is 4.23. The zero-order valence-corrected chi connectivity index (χ0v) is 11.3. The van der Waals surface area contributed by atoms with Crippen LogP contribution in [0.25, 0.3) is 10.1 Å². The first-order valence-electron chi connectivity index (χ1n) is 6.65. The topological polar surface area (TPSA) is 32.3 Å². The molecule has 2 aromatic rings. The van der Waals surface area contributed by atoms with Crippen molar-refractivity contribution in [2.45, 2.75) is 37.8 Å². The number of hydrogen-bond donors (Lipinski definition) is 2. The minimum atomic E-state index is -0.453. The van der Waals surface area contributed by atoms with Gasteiger partial charge in [0.2, 0.25) is 0 Å². The standard InChI is InChI=1S/C15H19NOS/c17-15(7-3-4-8-15)11-16-9-12-10-18-14-6-2-1-5-13(12)14/h1-2,5-6,10,16-17H,3-4,7-9,11H2. The van der Waals surface area contributed by atoms with Crippen molar-refractivity contribution in [3.8, 4) is 0 Å². The molecule has 3 rings (SSSR count). The highest BCUT2D eigenvalue weighted by molar-refractivity contribution is 7.17. The second kappa shape index (κ2) is 5.00. The number of fused-ring (bicyclic) bond motifs is 1. The normalized spacial score (nSPS) is 18.5. The molecule has 0 atom stereocenters. The molecule has 96 valence electrons. The van der Waals surface area contributed by atoms with Gasteiger partial charge in [0.15, 0.2) is 0 Å². The van der Waals surface area contributed by atoms with Crippen LogP contribution in [-0.4, -0.2) is 17.3 Å². The molecule has 1 aromatic heterocycles. The predicted octanol–water partition coefficient (Wildman–Crippen LogP) is 3.30. The van der Waals surface area contributed by atoms with Gasteiger partial charge in [0.1, 0.15) is 0 Å². The fourth-order valence-corrected chi connectivity index (χ4v) is 3.77. The van der Waals surface area contributed by atoms with Crippen molar-refractivity contribution < 1.29 is 5.11 Å². The first-order valence-corrected chi connectivity index (χ1v) is 7.53. The first kappa shape index (κ1) is 12.2. The lowest BCUT2D eigenvalue weighted by Crippen LogP contribution is -2.37. The van der Waals surface area contributed by atoms with E-state index in [4.69, 9.17) is 0 Å². The van der Waals surface area contributed by atoms with Crippen molar-refractivity contribution in [2.75, 3.05) is 6.54 Å². The molecule has 2 N–H and O–H groups in total. The van der Waals surface area contributed by atoms with Gasteiger partial charge in [-0.3, -0.25) is 0 Å². The molecule has 1 heterocycles. The van der Waals surface area contributed by atoms with Gasteiger partial charge in [-0.2, -0.15) is 0 Å². The van der Waals surface area contributed by atoms with Crippen molar-refractivity contribution in [3.63, 3.8) is 0 Å². The monoisotopic (exact) mass is 261 g/mol. The highest BCUT2D eigenvalue weighted by atomic mass is 32.1. The molecule has 0 aliphatic heterocycles. The lowest BCUT2D eigenvalue weighted by Gasteiger charge is -2.22. The van der Waals surface area contributed by atoms with Crippen LogP contribution in [-0.2, 0) is 6.54 Å².